The summed E-state index contributed by atoms with van der Waals surface area (Å²) in [5.41, 5.74) is 4.29. The summed E-state index contributed by atoms with van der Waals surface area (Å²) in [6.45, 7) is 3.22. The number of aromatic nitrogens is 3. The lowest BCUT2D eigenvalue weighted by Gasteiger charge is -2.15. The maximum atomic E-state index is 15.0. The summed E-state index contributed by atoms with van der Waals surface area (Å²) >= 11 is 0. The highest BCUT2D eigenvalue weighted by Crippen LogP contribution is 2.39. The Morgan fingerprint density at radius 2 is 1.64 bits per heavy atom. The molecule has 218 valence electrons. The summed E-state index contributed by atoms with van der Waals surface area (Å²) in [7, 11) is -3.43. The van der Waals surface area contributed by atoms with Gasteiger partial charge in [0.1, 0.15) is 24.9 Å². The van der Waals surface area contributed by atoms with E-state index in [-0.39, 0.29) is 16.4 Å². The Kier molecular flexibility index (Phi) is 7.96. The zero-order valence-electron chi connectivity index (χ0n) is 23.4. The average molecular weight is 596 g/mol. The van der Waals surface area contributed by atoms with Crippen LogP contribution < -0.4 is 4.74 Å². The van der Waals surface area contributed by atoms with E-state index in [9.17, 15) is 17.2 Å². The van der Waals surface area contributed by atoms with Crippen molar-refractivity contribution < 1.29 is 30.7 Å². The molecule has 5 rings (SSSR count). The average Bonchev–Trinajstić information content (AvgIpc) is 3.52. The van der Waals surface area contributed by atoms with E-state index in [1.807, 2.05) is 48.9 Å². The normalized spacial score (nSPS) is 11.8. The minimum atomic E-state index is -3.43. The van der Waals surface area contributed by atoms with Gasteiger partial charge in [-0.1, -0.05) is 18.2 Å². The fraction of sp³-hybridized carbons (Fsp3) is 0.226. The second-order valence-electron chi connectivity index (χ2n) is 9.94. The second kappa shape index (κ2) is 11.5. The molecule has 0 aliphatic rings. The van der Waals surface area contributed by atoms with Crippen LogP contribution in [0.25, 0.3) is 39.4 Å². The zero-order chi connectivity index (χ0) is 30.2. The molecule has 42 heavy (non-hydrogen) atoms. The molecule has 2 aromatic heterocycles. The van der Waals surface area contributed by atoms with Gasteiger partial charge in [-0.25, -0.2) is 31.6 Å². The Balaban J connectivity index is 1.69. The van der Waals surface area contributed by atoms with Gasteiger partial charge < -0.3 is 13.7 Å². The monoisotopic (exact) mass is 595 g/mol. The molecule has 5 aromatic rings. The lowest BCUT2D eigenvalue weighted by molar-refractivity contribution is 0.128. The molecule has 0 saturated heterocycles. The molecular formula is C31H28F3N3O4S. The van der Waals surface area contributed by atoms with E-state index in [4.69, 9.17) is 9.15 Å². The molecule has 0 aliphatic carbocycles. The first-order valence-electron chi connectivity index (χ1n) is 13.0. The molecule has 0 saturated carbocycles. The van der Waals surface area contributed by atoms with Gasteiger partial charge in [0, 0.05) is 30.5 Å². The summed E-state index contributed by atoms with van der Waals surface area (Å²) in [5.74, 6) is 0.222. The van der Waals surface area contributed by atoms with Gasteiger partial charge in [0.15, 0.2) is 39.2 Å². The predicted molar refractivity (Wildman–Crippen MR) is 154 cm³/mol. The summed E-state index contributed by atoms with van der Waals surface area (Å²) in [6.07, 6.45) is 1.63. The van der Waals surface area contributed by atoms with Crippen molar-refractivity contribution in [2.75, 3.05) is 19.6 Å². The smallest absolute Gasteiger partial charge is 0.192 e. The Hall–Kier alpha value is -4.38. The van der Waals surface area contributed by atoms with Crippen LogP contribution in [0.4, 0.5) is 13.2 Å². The van der Waals surface area contributed by atoms with Crippen LogP contribution in [0.5, 0.6) is 5.75 Å². The maximum absolute atomic E-state index is 15.0. The van der Waals surface area contributed by atoms with Gasteiger partial charge in [0.05, 0.1) is 16.3 Å². The molecule has 0 fully saturated rings. The Morgan fingerprint density at radius 3 is 2.29 bits per heavy atom. The summed E-state index contributed by atoms with van der Waals surface area (Å²) in [5, 5.41) is 0. The number of aryl methyl sites for hydroxylation is 3. The Bertz CT molecular complexity index is 1880. The molecular weight excluding hydrogens is 567 g/mol. The standard InChI is InChI=1S/C31H28F3N3O4S/c1-18-17-37(19(2)35-18)28-10-8-22(21-6-5-7-25(12-21)42(4,38)39)13-26(28)30-31(40-20(3)36-30)23-9-11-29(27(34)14-23)41-24(15-32)16-33/h5-14,17,24H,15-16H2,1-4H3. The highest BCUT2D eigenvalue weighted by atomic mass is 32.2. The van der Waals surface area contributed by atoms with Crippen molar-refractivity contribution in [1.82, 2.24) is 14.5 Å². The van der Waals surface area contributed by atoms with Gasteiger partial charge in [-0.3, -0.25) is 0 Å². The van der Waals surface area contributed by atoms with Crippen LogP contribution in [0.15, 0.2) is 76.2 Å². The molecule has 0 unspecified atom stereocenters. The first kappa shape index (κ1) is 29.1. The van der Waals surface area contributed by atoms with Crippen molar-refractivity contribution in [2.24, 2.45) is 0 Å². The number of oxazole rings is 1. The van der Waals surface area contributed by atoms with Crippen molar-refractivity contribution in [2.45, 2.75) is 31.8 Å². The van der Waals surface area contributed by atoms with Crippen LogP contribution in [0.3, 0.4) is 0 Å². The number of hydrogen-bond donors (Lipinski definition) is 0. The third kappa shape index (κ3) is 5.82. The first-order chi connectivity index (χ1) is 20.0. The summed E-state index contributed by atoms with van der Waals surface area (Å²) in [6, 6.07) is 16.2. The number of imidazole rings is 1. The van der Waals surface area contributed by atoms with E-state index >= 15 is 4.39 Å². The fourth-order valence-electron chi connectivity index (χ4n) is 4.71. The summed E-state index contributed by atoms with van der Waals surface area (Å²) < 4.78 is 78.4. The van der Waals surface area contributed by atoms with E-state index < -0.39 is 35.1 Å². The van der Waals surface area contributed by atoms with Crippen molar-refractivity contribution in [1.29, 1.82) is 0 Å². The zero-order valence-corrected chi connectivity index (χ0v) is 24.2. The number of nitrogens with zero attached hydrogens (tertiary/aromatic N) is 3. The Morgan fingerprint density at radius 1 is 0.929 bits per heavy atom. The van der Waals surface area contributed by atoms with Gasteiger partial charge in [0.25, 0.3) is 0 Å². The molecule has 11 heteroatoms. The molecule has 0 bridgehead atoms. The highest BCUT2D eigenvalue weighted by molar-refractivity contribution is 7.90. The van der Waals surface area contributed by atoms with Gasteiger partial charge >= 0.3 is 0 Å². The van der Waals surface area contributed by atoms with Crippen LogP contribution in [-0.4, -0.2) is 48.7 Å². The number of rotatable bonds is 9. The summed E-state index contributed by atoms with van der Waals surface area (Å²) in [4.78, 5) is 9.36. The third-order valence-electron chi connectivity index (χ3n) is 6.68. The maximum Gasteiger partial charge on any atom is 0.192 e. The van der Waals surface area contributed by atoms with Crippen molar-refractivity contribution in [3.63, 3.8) is 0 Å². The molecule has 0 N–H and O–H groups in total. The molecule has 2 heterocycles. The van der Waals surface area contributed by atoms with Crippen molar-refractivity contribution in [3.8, 4) is 45.1 Å². The number of halogens is 3. The number of benzene rings is 3. The van der Waals surface area contributed by atoms with E-state index in [0.717, 1.165) is 35.1 Å². The topological polar surface area (TPSA) is 87.2 Å². The van der Waals surface area contributed by atoms with Gasteiger partial charge in [0.2, 0.25) is 0 Å². The largest absolute Gasteiger partial charge is 0.482 e. The highest BCUT2D eigenvalue weighted by Gasteiger charge is 2.23. The number of sulfone groups is 1. The van der Waals surface area contributed by atoms with Crippen LogP contribution >= 0.6 is 0 Å². The van der Waals surface area contributed by atoms with E-state index in [1.54, 1.807) is 19.1 Å². The van der Waals surface area contributed by atoms with Gasteiger partial charge in [-0.05, 0) is 67.4 Å². The van der Waals surface area contributed by atoms with Gasteiger partial charge in [-0.15, -0.1) is 0 Å². The molecule has 7 nitrogen and oxygen atoms in total. The fourth-order valence-corrected chi connectivity index (χ4v) is 5.38. The predicted octanol–water partition coefficient (Wildman–Crippen LogP) is 7.02. The molecule has 0 spiro atoms. The third-order valence-corrected chi connectivity index (χ3v) is 7.79. The quantitative estimate of drug-likeness (QED) is 0.182. The Labute approximate surface area is 241 Å². The van der Waals surface area contributed by atoms with E-state index in [1.165, 1.54) is 18.2 Å². The molecule has 0 aliphatic heterocycles. The molecule has 0 amide bonds. The van der Waals surface area contributed by atoms with E-state index in [0.29, 0.717) is 28.3 Å². The van der Waals surface area contributed by atoms with Gasteiger partial charge in [-0.2, -0.15) is 0 Å². The molecule has 0 radical (unpaired) electrons. The van der Waals surface area contributed by atoms with Crippen molar-refractivity contribution in [3.05, 3.63) is 90.1 Å². The SMILES string of the molecule is Cc1cn(-c2ccc(-c3cccc(S(C)(=O)=O)c3)cc2-c2nc(C)oc2-c2ccc(OC(CF)CF)c(F)c2)c(C)n1. The number of alkyl halides is 2. The van der Waals surface area contributed by atoms with Crippen LogP contribution in [-0.2, 0) is 9.84 Å². The second-order valence-corrected chi connectivity index (χ2v) is 12.0. The number of hydrogen-bond acceptors (Lipinski definition) is 6. The van der Waals surface area contributed by atoms with Crippen LogP contribution in [0.2, 0.25) is 0 Å². The van der Waals surface area contributed by atoms with Crippen LogP contribution in [0, 0.1) is 26.6 Å². The minimum absolute atomic E-state index is 0.185. The lowest BCUT2D eigenvalue weighted by Crippen LogP contribution is -2.21. The van der Waals surface area contributed by atoms with E-state index in [2.05, 4.69) is 9.97 Å². The minimum Gasteiger partial charge on any atom is -0.482 e. The first-order valence-corrected chi connectivity index (χ1v) is 14.9. The molecule has 0 atom stereocenters. The number of ether oxygens (including phenoxy) is 1. The van der Waals surface area contributed by atoms with Crippen LogP contribution in [0.1, 0.15) is 17.4 Å². The lowest BCUT2D eigenvalue weighted by atomic mass is 9.98. The molecule has 3 aromatic carbocycles. The van der Waals surface area contributed by atoms with Crippen molar-refractivity contribution >= 4 is 9.84 Å².